The monoisotopic (exact) mass is 955 g/mol. The third-order valence-corrected chi connectivity index (χ3v) is 13.5. The fourth-order valence-electron chi connectivity index (χ4n) is 9.16. The van der Waals surface area contributed by atoms with Crippen molar-refractivity contribution in [2.45, 2.75) is 174 Å². The summed E-state index contributed by atoms with van der Waals surface area (Å²) in [6.07, 6.45) is -2.15. The molecule has 4 rings (SSSR count). The summed E-state index contributed by atoms with van der Waals surface area (Å²) in [4.78, 5) is 131. The van der Waals surface area contributed by atoms with Gasteiger partial charge in [-0.05, 0) is 67.6 Å². The Balaban J connectivity index is 1.93. The molecular formula is C48H74N8O12. The van der Waals surface area contributed by atoms with E-state index in [2.05, 4.69) is 21.3 Å². The van der Waals surface area contributed by atoms with Crippen LogP contribution in [0, 0.1) is 23.7 Å². The van der Waals surface area contributed by atoms with E-state index in [4.69, 9.17) is 10.5 Å². The molecule has 20 heteroatoms. The minimum atomic E-state index is -1.59. The Kier molecular flexibility index (Phi) is 19.7. The Morgan fingerprint density at radius 2 is 1.51 bits per heavy atom. The molecule has 378 valence electrons. The zero-order valence-electron chi connectivity index (χ0n) is 41.0. The van der Waals surface area contributed by atoms with Gasteiger partial charge in [0.05, 0.1) is 0 Å². The molecule has 3 heterocycles. The largest absolute Gasteiger partial charge is 0.508 e. The van der Waals surface area contributed by atoms with Gasteiger partial charge >= 0.3 is 5.97 Å². The zero-order chi connectivity index (χ0) is 50.7. The van der Waals surface area contributed by atoms with Crippen LogP contribution in [0.25, 0.3) is 0 Å². The number of nitrogens with zero attached hydrogens (tertiary/aromatic N) is 3. The molecule has 1 aromatic carbocycles. The quantitative estimate of drug-likeness (QED) is 0.121. The van der Waals surface area contributed by atoms with E-state index in [0.29, 0.717) is 24.8 Å². The number of aromatic hydroxyl groups is 1. The average molecular weight is 955 g/mol. The van der Waals surface area contributed by atoms with Crippen molar-refractivity contribution in [2.75, 3.05) is 13.6 Å². The number of likely N-dealkylation sites (tertiary alicyclic amines) is 1. The molecule has 2 bridgehead atoms. The lowest BCUT2D eigenvalue weighted by Gasteiger charge is -2.44. The van der Waals surface area contributed by atoms with Crippen molar-refractivity contribution >= 4 is 53.2 Å². The van der Waals surface area contributed by atoms with Gasteiger partial charge < -0.3 is 56.7 Å². The van der Waals surface area contributed by atoms with Crippen LogP contribution in [0.1, 0.15) is 119 Å². The van der Waals surface area contributed by atoms with E-state index in [1.807, 2.05) is 20.8 Å². The second kappa shape index (κ2) is 24.5. The normalized spacial score (nSPS) is 27.9. The molecule has 3 fully saturated rings. The minimum Gasteiger partial charge on any atom is -0.508 e. The van der Waals surface area contributed by atoms with Crippen LogP contribution >= 0.6 is 0 Å². The highest BCUT2D eigenvalue weighted by molar-refractivity contribution is 5.99. The van der Waals surface area contributed by atoms with Gasteiger partial charge in [0.15, 0.2) is 0 Å². The predicted molar refractivity (Wildman–Crippen MR) is 248 cm³/mol. The van der Waals surface area contributed by atoms with Gasteiger partial charge in [0, 0.05) is 38.8 Å². The van der Waals surface area contributed by atoms with Crippen molar-refractivity contribution < 1.29 is 58.1 Å². The van der Waals surface area contributed by atoms with Crippen molar-refractivity contribution in [1.29, 1.82) is 0 Å². The molecule has 0 saturated carbocycles. The van der Waals surface area contributed by atoms with Crippen LogP contribution in [-0.2, 0) is 54.3 Å². The summed E-state index contributed by atoms with van der Waals surface area (Å²) in [5.41, 5.74) is 5.99. The van der Waals surface area contributed by atoms with Crippen molar-refractivity contribution in [3.05, 3.63) is 29.8 Å². The Morgan fingerprint density at radius 3 is 2.10 bits per heavy atom. The van der Waals surface area contributed by atoms with Gasteiger partial charge in [-0.1, -0.05) is 80.4 Å². The number of esters is 1. The number of aliphatic hydroxyl groups is 1. The topological polar surface area (TPSA) is 287 Å². The molecule has 20 nitrogen and oxygen atoms in total. The van der Waals surface area contributed by atoms with Gasteiger partial charge in [0.25, 0.3) is 0 Å². The number of hydrogen-bond donors (Lipinski definition) is 7. The van der Waals surface area contributed by atoms with E-state index in [1.165, 1.54) is 24.1 Å². The molecule has 68 heavy (non-hydrogen) atoms. The average Bonchev–Trinajstić information content (AvgIpc) is 3.61. The molecule has 3 aliphatic heterocycles. The van der Waals surface area contributed by atoms with Crippen LogP contribution in [0.5, 0.6) is 5.75 Å². The number of carbonyl (C=O) groups is 9. The van der Waals surface area contributed by atoms with Gasteiger partial charge in [-0.3, -0.25) is 38.4 Å². The number of primary amides is 1. The SMILES string of the molecule is CCCC(=O)N[C@@H](CCC(N)=O)C(=O)N1CC(C)C2OC(=O)[C@H]([C@@H](C)CC)NC(=O)[C@H](Cc3ccc(O)cc3)N(C)C(=O)[C@@H]([C@@H](C)CC)N3C(=O)C(CCC3O)NC(=O)C(CC(C)C)NC(=O)C21. The standard InChI is InChI=1S/C48H74N8O12/c1-10-13-36(59)50-31(18-20-35(49)58)45(64)55-24-28(8)41-40(55)44(63)52-33(22-25(4)5)42(61)51-32-19-21-37(60)56(46(32)65)39(27(7)12-3)47(66)54(9)34(23-29-14-16-30(57)17-15-29)43(62)53-38(26(6)11-2)48(67)68-41/h14-17,25-28,31-34,37-41,57,60H,10-13,18-24H2,1-9H3,(H2,49,58)(H,50,59)(H,51,61)(H,52,63)(H,53,62)/t26-,27-,28?,31-,32?,33?,34-,37?,38-,39+,40?,41?/m0/s1. The number of piperidine rings is 1. The number of fused-ring (bicyclic) bond motifs is 3. The summed E-state index contributed by atoms with van der Waals surface area (Å²) in [7, 11) is 1.40. The molecular weight excluding hydrogens is 881 g/mol. The Labute approximate surface area is 399 Å². The lowest BCUT2D eigenvalue weighted by molar-refractivity contribution is -0.168. The van der Waals surface area contributed by atoms with Gasteiger partial charge in [0.1, 0.15) is 60.4 Å². The Morgan fingerprint density at radius 1 is 0.868 bits per heavy atom. The van der Waals surface area contributed by atoms with Crippen LogP contribution in [0.2, 0.25) is 0 Å². The number of ether oxygens (including phenoxy) is 1. The fraction of sp³-hybridized carbons (Fsp3) is 0.688. The highest BCUT2D eigenvalue weighted by Gasteiger charge is 2.52. The van der Waals surface area contributed by atoms with Crippen molar-refractivity contribution in [1.82, 2.24) is 36.0 Å². The molecule has 8 amide bonds. The number of amides is 8. The number of benzene rings is 1. The molecule has 6 unspecified atom stereocenters. The summed E-state index contributed by atoms with van der Waals surface area (Å²) in [5.74, 6) is -8.90. The Bertz CT molecular complexity index is 2000. The first-order valence-electron chi connectivity index (χ1n) is 24.1. The van der Waals surface area contributed by atoms with Crippen LogP contribution in [-0.4, -0.2) is 146 Å². The van der Waals surface area contributed by atoms with Crippen LogP contribution in [0.15, 0.2) is 24.3 Å². The lowest BCUT2D eigenvalue weighted by atomic mass is 9.91. The second-order valence-corrected chi connectivity index (χ2v) is 19.3. The number of carbonyl (C=O) groups excluding carboxylic acids is 9. The molecule has 1 aromatic rings. The third kappa shape index (κ3) is 13.5. The maximum absolute atomic E-state index is 14.9. The van der Waals surface area contributed by atoms with E-state index >= 15 is 0 Å². The molecule has 0 aliphatic carbocycles. The lowest BCUT2D eigenvalue weighted by Crippen LogP contribution is -2.66. The minimum absolute atomic E-state index is 0.0123. The number of phenols is 1. The molecule has 12 atom stereocenters. The van der Waals surface area contributed by atoms with Crippen LogP contribution in [0.3, 0.4) is 0 Å². The van der Waals surface area contributed by atoms with Gasteiger partial charge in [-0.15, -0.1) is 0 Å². The first kappa shape index (κ1) is 54.8. The van der Waals surface area contributed by atoms with E-state index < -0.39 is 126 Å². The van der Waals surface area contributed by atoms with E-state index in [-0.39, 0.29) is 63.2 Å². The number of rotatable bonds is 15. The van der Waals surface area contributed by atoms with Gasteiger partial charge in [-0.2, -0.15) is 0 Å². The summed E-state index contributed by atoms with van der Waals surface area (Å²) in [6, 6.07) is -3.46. The first-order chi connectivity index (χ1) is 32.0. The van der Waals surface area contributed by atoms with Crippen molar-refractivity contribution in [3.8, 4) is 5.75 Å². The van der Waals surface area contributed by atoms with Crippen molar-refractivity contribution in [2.24, 2.45) is 29.4 Å². The molecule has 3 aliphatic rings. The fourth-order valence-corrected chi connectivity index (χ4v) is 9.16. The maximum Gasteiger partial charge on any atom is 0.329 e. The number of aliphatic hydroxyl groups excluding tert-OH is 1. The number of phenolic OH excluding ortho intramolecular Hbond substituents is 1. The summed E-state index contributed by atoms with van der Waals surface area (Å²) in [6.45, 7) is 13.9. The number of hydrogen-bond acceptors (Lipinski definition) is 12. The number of nitrogens with one attached hydrogen (secondary N) is 4. The summed E-state index contributed by atoms with van der Waals surface area (Å²) < 4.78 is 6.23. The molecule has 0 spiro atoms. The highest BCUT2D eigenvalue weighted by atomic mass is 16.5. The van der Waals surface area contributed by atoms with E-state index in [0.717, 1.165) is 9.80 Å². The maximum atomic E-state index is 14.9. The van der Waals surface area contributed by atoms with Gasteiger partial charge in [-0.25, -0.2) is 4.79 Å². The zero-order valence-corrected chi connectivity index (χ0v) is 41.0. The smallest absolute Gasteiger partial charge is 0.329 e. The first-order valence-corrected chi connectivity index (χ1v) is 24.1. The van der Waals surface area contributed by atoms with E-state index in [1.54, 1.807) is 46.8 Å². The summed E-state index contributed by atoms with van der Waals surface area (Å²) in [5, 5.41) is 32.5. The van der Waals surface area contributed by atoms with Gasteiger partial charge in [0.2, 0.25) is 47.3 Å². The molecule has 0 aromatic heterocycles. The third-order valence-electron chi connectivity index (χ3n) is 13.5. The number of likely N-dealkylation sites (N-methyl/N-ethyl adjacent to an activating group) is 1. The van der Waals surface area contributed by atoms with Crippen LogP contribution < -0.4 is 27.0 Å². The second-order valence-electron chi connectivity index (χ2n) is 19.3. The molecule has 3 saturated heterocycles. The highest BCUT2D eigenvalue weighted by Crippen LogP contribution is 2.31. The van der Waals surface area contributed by atoms with Crippen LogP contribution in [0.4, 0.5) is 0 Å². The predicted octanol–water partition coefficient (Wildman–Crippen LogP) is 0.987. The molecule has 8 N–H and O–H groups in total. The number of nitrogens with two attached hydrogens (primary N) is 1. The Hall–Kier alpha value is -5.79. The van der Waals surface area contributed by atoms with Crippen molar-refractivity contribution in [3.63, 3.8) is 0 Å². The van der Waals surface area contributed by atoms with E-state index in [9.17, 15) is 53.4 Å². The summed E-state index contributed by atoms with van der Waals surface area (Å²) >= 11 is 0. The molecule has 0 radical (unpaired) electrons.